The Kier molecular flexibility index (Phi) is 6.72. The summed E-state index contributed by atoms with van der Waals surface area (Å²) < 4.78 is 23.3. The van der Waals surface area contributed by atoms with Crippen LogP contribution in [0.4, 0.5) is 0 Å². The first-order valence-electron chi connectivity index (χ1n) is 9.94. The predicted molar refractivity (Wildman–Crippen MR) is 114 cm³/mol. The standard InChI is InChI=1S/C22H29N3O3S/c1-16-4-3-11-25(14-16)15-19-8-6-18(7-9-19)13-24-22(26)20-10-5-17(2)21(12-20)29(23,27)28/h5-10,12,16H,3-4,11,13-15H2,1-2H3,(H,24,26)(H2,23,27,28). The van der Waals surface area contributed by atoms with Crippen LogP contribution in [0.25, 0.3) is 0 Å². The zero-order valence-corrected chi connectivity index (χ0v) is 17.8. The largest absolute Gasteiger partial charge is 0.348 e. The molecule has 2 aromatic rings. The molecule has 1 fully saturated rings. The highest BCUT2D eigenvalue weighted by molar-refractivity contribution is 7.89. The van der Waals surface area contributed by atoms with Gasteiger partial charge in [0.15, 0.2) is 0 Å². The molecule has 1 unspecified atom stereocenters. The van der Waals surface area contributed by atoms with E-state index in [1.54, 1.807) is 19.1 Å². The smallest absolute Gasteiger partial charge is 0.251 e. The van der Waals surface area contributed by atoms with E-state index in [0.717, 1.165) is 31.1 Å². The Hall–Kier alpha value is -2.22. The molecular formula is C22H29N3O3S. The number of amides is 1. The number of nitrogens with zero attached hydrogens (tertiary/aromatic N) is 1. The van der Waals surface area contributed by atoms with Crippen LogP contribution >= 0.6 is 0 Å². The van der Waals surface area contributed by atoms with E-state index in [9.17, 15) is 13.2 Å². The van der Waals surface area contributed by atoms with Crippen molar-refractivity contribution in [1.29, 1.82) is 0 Å². The van der Waals surface area contributed by atoms with Crippen molar-refractivity contribution in [3.05, 3.63) is 64.7 Å². The average molecular weight is 416 g/mol. The first kappa shape index (κ1) is 21.5. The lowest BCUT2D eigenvalue weighted by molar-refractivity contribution is 0.0950. The number of carbonyl (C=O) groups excluding carboxylic acids is 1. The number of hydrogen-bond donors (Lipinski definition) is 2. The lowest BCUT2D eigenvalue weighted by Crippen LogP contribution is -2.33. The van der Waals surface area contributed by atoms with Gasteiger partial charge in [0.05, 0.1) is 4.90 Å². The normalized spacial score (nSPS) is 17.8. The number of rotatable bonds is 6. The van der Waals surface area contributed by atoms with Gasteiger partial charge < -0.3 is 5.32 Å². The molecule has 1 saturated heterocycles. The first-order valence-corrected chi connectivity index (χ1v) is 11.5. The zero-order valence-electron chi connectivity index (χ0n) is 17.0. The fourth-order valence-corrected chi connectivity index (χ4v) is 4.59. The lowest BCUT2D eigenvalue weighted by Gasteiger charge is -2.30. The molecule has 1 aliphatic rings. The summed E-state index contributed by atoms with van der Waals surface area (Å²) in [4.78, 5) is 14.9. The Morgan fingerprint density at radius 2 is 1.86 bits per heavy atom. The van der Waals surface area contributed by atoms with Crippen molar-refractivity contribution in [2.45, 2.75) is 44.7 Å². The maximum Gasteiger partial charge on any atom is 0.251 e. The molecule has 0 aliphatic carbocycles. The van der Waals surface area contributed by atoms with Crippen LogP contribution in [0.5, 0.6) is 0 Å². The van der Waals surface area contributed by atoms with E-state index in [0.29, 0.717) is 12.1 Å². The van der Waals surface area contributed by atoms with Gasteiger partial charge in [-0.2, -0.15) is 0 Å². The van der Waals surface area contributed by atoms with Crippen LogP contribution in [0.2, 0.25) is 0 Å². The Balaban J connectivity index is 1.58. The molecule has 2 aromatic carbocycles. The number of nitrogens with two attached hydrogens (primary N) is 1. The van der Waals surface area contributed by atoms with Crippen molar-refractivity contribution in [3.63, 3.8) is 0 Å². The van der Waals surface area contributed by atoms with E-state index in [1.807, 2.05) is 12.1 Å². The van der Waals surface area contributed by atoms with E-state index in [1.165, 1.54) is 24.5 Å². The number of likely N-dealkylation sites (tertiary alicyclic amines) is 1. The fraction of sp³-hybridized carbons (Fsp3) is 0.409. The summed E-state index contributed by atoms with van der Waals surface area (Å²) in [7, 11) is -3.86. The van der Waals surface area contributed by atoms with Gasteiger partial charge in [-0.1, -0.05) is 37.3 Å². The number of aryl methyl sites for hydroxylation is 1. The minimum Gasteiger partial charge on any atom is -0.348 e. The summed E-state index contributed by atoms with van der Waals surface area (Å²) in [6.45, 7) is 7.58. The highest BCUT2D eigenvalue weighted by Crippen LogP contribution is 2.18. The molecule has 29 heavy (non-hydrogen) atoms. The fourth-order valence-electron chi connectivity index (χ4n) is 3.78. The molecule has 3 N–H and O–H groups in total. The number of primary sulfonamides is 1. The Morgan fingerprint density at radius 1 is 1.17 bits per heavy atom. The average Bonchev–Trinajstić information content (AvgIpc) is 2.67. The number of carbonyl (C=O) groups is 1. The molecular weight excluding hydrogens is 386 g/mol. The van der Waals surface area contributed by atoms with E-state index in [4.69, 9.17) is 5.14 Å². The zero-order chi connectivity index (χ0) is 21.0. The lowest BCUT2D eigenvalue weighted by atomic mass is 9.99. The third-order valence-corrected chi connectivity index (χ3v) is 6.43. The maximum absolute atomic E-state index is 12.4. The number of sulfonamides is 1. The first-order chi connectivity index (χ1) is 13.7. The van der Waals surface area contributed by atoms with Gasteiger partial charge in [-0.25, -0.2) is 13.6 Å². The minimum atomic E-state index is -3.86. The summed E-state index contributed by atoms with van der Waals surface area (Å²) in [6, 6.07) is 12.8. The molecule has 3 rings (SSSR count). The van der Waals surface area contributed by atoms with Crippen molar-refractivity contribution in [2.24, 2.45) is 11.1 Å². The molecule has 0 saturated carbocycles. The van der Waals surface area contributed by atoms with Crippen LogP contribution in [-0.4, -0.2) is 32.3 Å². The van der Waals surface area contributed by atoms with E-state index in [-0.39, 0.29) is 16.4 Å². The second-order valence-corrected chi connectivity index (χ2v) is 9.54. The third-order valence-electron chi connectivity index (χ3n) is 5.38. The second kappa shape index (κ2) is 9.07. The van der Waals surface area contributed by atoms with Crippen LogP contribution < -0.4 is 10.5 Å². The molecule has 1 amide bonds. The molecule has 7 heteroatoms. The minimum absolute atomic E-state index is 0.0264. The van der Waals surface area contributed by atoms with Gasteiger partial charge in [-0.05, 0) is 61.1 Å². The number of nitrogens with one attached hydrogen (secondary N) is 1. The highest BCUT2D eigenvalue weighted by atomic mass is 32.2. The predicted octanol–water partition coefficient (Wildman–Crippen LogP) is 2.80. The molecule has 0 bridgehead atoms. The van der Waals surface area contributed by atoms with Gasteiger partial charge in [0.1, 0.15) is 0 Å². The molecule has 0 aromatic heterocycles. The topological polar surface area (TPSA) is 92.5 Å². The second-order valence-electron chi connectivity index (χ2n) is 8.01. The van der Waals surface area contributed by atoms with Gasteiger partial charge >= 0.3 is 0 Å². The molecule has 1 atom stereocenters. The monoisotopic (exact) mass is 415 g/mol. The van der Waals surface area contributed by atoms with Crippen molar-refractivity contribution in [2.75, 3.05) is 13.1 Å². The summed E-state index contributed by atoms with van der Waals surface area (Å²) in [5, 5.41) is 8.05. The Bertz CT molecular complexity index is 971. The number of piperidine rings is 1. The van der Waals surface area contributed by atoms with Crippen LogP contribution in [0, 0.1) is 12.8 Å². The molecule has 0 radical (unpaired) electrons. The number of benzene rings is 2. The summed E-state index contributed by atoms with van der Waals surface area (Å²) in [5.41, 5.74) is 3.05. The van der Waals surface area contributed by atoms with Gasteiger partial charge in [-0.3, -0.25) is 9.69 Å². The summed E-state index contributed by atoms with van der Waals surface area (Å²) in [6.07, 6.45) is 2.58. The highest BCUT2D eigenvalue weighted by Gasteiger charge is 2.17. The van der Waals surface area contributed by atoms with Crippen molar-refractivity contribution < 1.29 is 13.2 Å². The summed E-state index contributed by atoms with van der Waals surface area (Å²) >= 11 is 0. The van der Waals surface area contributed by atoms with Crippen LogP contribution in [0.15, 0.2) is 47.4 Å². The molecule has 1 aliphatic heterocycles. The quantitative estimate of drug-likeness (QED) is 0.759. The Morgan fingerprint density at radius 3 is 2.52 bits per heavy atom. The van der Waals surface area contributed by atoms with E-state index < -0.39 is 10.0 Å². The van der Waals surface area contributed by atoms with Gasteiger partial charge in [0, 0.05) is 25.2 Å². The number of hydrogen-bond acceptors (Lipinski definition) is 4. The van der Waals surface area contributed by atoms with Crippen molar-refractivity contribution in [1.82, 2.24) is 10.2 Å². The van der Waals surface area contributed by atoms with Gasteiger partial charge in [-0.15, -0.1) is 0 Å². The molecule has 156 valence electrons. The van der Waals surface area contributed by atoms with Crippen molar-refractivity contribution >= 4 is 15.9 Å². The Labute approximate surface area is 173 Å². The van der Waals surface area contributed by atoms with Crippen LogP contribution in [0.3, 0.4) is 0 Å². The van der Waals surface area contributed by atoms with Gasteiger partial charge in [0.2, 0.25) is 10.0 Å². The van der Waals surface area contributed by atoms with Gasteiger partial charge in [0.25, 0.3) is 5.91 Å². The van der Waals surface area contributed by atoms with E-state index >= 15 is 0 Å². The van der Waals surface area contributed by atoms with Crippen LogP contribution in [0.1, 0.15) is 46.8 Å². The van der Waals surface area contributed by atoms with E-state index in [2.05, 4.69) is 29.3 Å². The molecule has 6 nitrogen and oxygen atoms in total. The molecule has 1 heterocycles. The van der Waals surface area contributed by atoms with Crippen LogP contribution in [-0.2, 0) is 23.1 Å². The van der Waals surface area contributed by atoms with Crippen molar-refractivity contribution in [3.8, 4) is 0 Å². The maximum atomic E-state index is 12.4. The third kappa shape index (κ3) is 5.88. The summed E-state index contributed by atoms with van der Waals surface area (Å²) in [5.74, 6) is 0.427. The molecule has 0 spiro atoms. The SMILES string of the molecule is Cc1ccc(C(=O)NCc2ccc(CN3CCCC(C)C3)cc2)cc1S(N)(=O)=O.